The minimum Gasteiger partial charge on any atom is -0.494 e. The van der Waals surface area contributed by atoms with Crippen molar-refractivity contribution in [2.24, 2.45) is 5.73 Å². The highest BCUT2D eigenvalue weighted by Crippen LogP contribution is 2.48. The molecule has 0 saturated carbocycles. The number of benzene rings is 2. The maximum absolute atomic E-state index is 9.78. The molecule has 146 valence electrons. The number of nitrogens with one attached hydrogen (secondary N) is 1. The molecular weight excluding hydrogens is 411 g/mol. The van der Waals surface area contributed by atoms with Crippen molar-refractivity contribution in [2.45, 2.75) is 12.8 Å². The molecule has 6 nitrogen and oxygen atoms in total. The number of aromatic nitrogens is 2. The molecule has 0 fully saturated rings. The van der Waals surface area contributed by atoms with Crippen molar-refractivity contribution in [2.75, 3.05) is 6.61 Å². The van der Waals surface area contributed by atoms with Gasteiger partial charge in [0.2, 0.25) is 11.8 Å². The molecule has 1 atom stereocenters. The minimum absolute atomic E-state index is 0.00853. The average Bonchev–Trinajstić information content (AvgIpc) is 3.13. The molecule has 29 heavy (non-hydrogen) atoms. The van der Waals surface area contributed by atoms with Gasteiger partial charge in [-0.1, -0.05) is 35.3 Å². The third-order valence-corrected chi connectivity index (χ3v) is 5.52. The Morgan fingerprint density at radius 3 is 2.69 bits per heavy atom. The maximum Gasteiger partial charge on any atom is 0.244 e. The summed E-state index contributed by atoms with van der Waals surface area (Å²) in [6, 6.07) is 15.0. The average molecular weight is 427 g/mol. The van der Waals surface area contributed by atoms with Crippen LogP contribution in [-0.4, -0.2) is 16.8 Å². The van der Waals surface area contributed by atoms with Crippen LogP contribution in [0.2, 0.25) is 10.0 Å². The Hall–Kier alpha value is -3.14. The second-order valence-corrected chi connectivity index (χ2v) is 7.13. The number of hydrogen-bond donors (Lipinski definition) is 2. The number of fused-ring (bicyclic) bond motifs is 1. The van der Waals surface area contributed by atoms with Crippen LogP contribution in [0.25, 0.3) is 11.3 Å². The molecule has 1 aliphatic heterocycles. The summed E-state index contributed by atoms with van der Waals surface area (Å²) >= 11 is 12.7. The normalized spacial score (nSPS) is 15.4. The van der Waals surface area contributed by atoms with E-state index >= 15 is 0 Å². The summed E-state index contributed by atoms with van der Waals surface area (Å²) in [5.74, 6) is 0.477. The molecule has 0 spiro atoms. The molecule has 3 aromatic rings. The number of nitriles is 1. The predicted octanol–water partition coefficient (Wildman–Crippen LogP) is 5.00. The van der Waals surface area contributed by atoms with Crippen LogP contribution < -0.4 is 15.2 Å². The molecule has 0 bridgehead atoms. The lowest BCUT2D eigenvalue weighted by Gasteiger charge is -2.25. The van der Waals surface area contributed by atoms with Gasteiger partial charge in [-0.05, 0) is 42.8 Å². The first-order valence-corrected chi connectivity index (χ1v) is 9.63. The van der Waals surface area contributed by atoms with Crippen molar-refractivity contribution >= 4 is 23.2 Å². The van der Waals surface area contributed by atoms with E-state index in [9.17, 15) is 5.26 Å². The van der Waals surface area contributed by atoms with Crippen LogP contribution in [0, 0.1) is 11.3 Å². The predicted molar refractivity (Wildman–Crippen MR) is 111 cm³/mol. The quantitative estimate of drug-likeness (QED) is 0.611. The first-order chi connectivity index (χ1) is 14.0. The lowest BCUT2D eigenvalue weighted by Crippen LogP contribution is -2.21. The molecule has 1 aromatic heterocycles. The van der Waals surface area contributed by atoms with E-state index in [4.69, 9.17) is 38.4 Å². The standard InChI is InChI=1S/C21H16Cl2N4O2/c1-2-28-12-8-6-11(7-9-12)19-17-16(13-4-3-5-15(22)18(13)23)14(10-24)20(25)29-21(17)27-26-19/h3-9,16H,2,25H2,1H3,(H,26,27). The fraction of sp³-hybridized carbons (Fsp3) is 0.143. The Balaban J connectivity index is 1.90. The SMILES string of the molecule is CCOc1ccc(-c2[nH]nc3c2C(c2cccc(Cl)c2Cl)C(C#N)=C(N)O3)cc1. The van der Waals surface area contributed by atoms with E-state index in [-0.39, 0.29) is 11.5 Å². The molecule has 3 N–H and O–H groups in total. The third-order valence-electron chi connectivity index (χ3n) is 4.69. The molecule has 0 amide bonds. The zero-order valence-corrected chi connectivity index (χ0v) is 16.9. The van der Waals surface area contributed by atoms with Crippen LogP contribution >= 0.6 is 23.2 Å². The summed E-state index contributed by atoms with van der Waals surface area (Å²) < 4.78 is 11.1. The Labute approximate surface area is 177 Å². The lowest BCUT2D eigenvalue weighted by atomic mass is 9.83. The smallest absolute Gasteiger partial charge is 0.244 e. The van der Waals surface area contributed by atoms with Gasteiger partial charge in [0.05, 0.1) is 33.8 Å². The van der Waals surface area contributed by atoms with E-state index in [1.165, 1.54) is 0 Å². The number of aromatic amines is 1. The molecular formula is C21H16Cl2N4O2. The Morgan fingerprint density at radius 1 is 1.24 bits per heavy atom. The molecule has 8 heteroatoms. The molecule has 0 saturated heterocycles. The number of nitrogens with two attached hydrogens (primary N) is 1. The highest BCUT2D eigenvalue weighted by Gasteiger charge is 2.36. The third kappa shape index (κ3) is 3.29. The van der Waals surface area contributed by atoms with Crippen molar-refractivity contribution < 1.29 is 9.47 Å². The Morgan fingerprint density at radius 2 is 2.00 bits per heavy atom. The number of ether oxygens (including phenoxy) is 2. The van der Waals surface area contributed by atoms with Gasteiger partial charge in [-0.15, -0.1) is 5.10 Å². The van der Waals surface area contributed by atoms with E-state index in [1.807, 2.05) is 37.3 Å². The van der Waals surface area contributed by atoms with E-state index in [1.54, 1.807) is 12.1 Å². The van der Waals surface area contributed by atoms with E-state index < -0.39 is 5.92 Å². The van der Waals surface area contributed by atoms with Gasteiger partial charge < -0.3 is 15.2 Å². The van der Waals surface area contributed by atoms with Gasteiger partial charge >= 0.3 is 0 Å². The van der Waals surface area contributed by atoms with Gasteiger partial charge in [0, 0.05) is 5.56 Å². The van der Waals surface area contributed by atoms with Crippen LogP contribution in [0.4, 0.5) is 0 Å². The van der Waals surface area contributed by atoms with Crippen LogP contribution in [0.3, 0.4) is 0 Å². The van der Waals surface area contributed by atoms with Crippen LogP contribution in [0.5, 0.6) is 11.6 Å². The molecule has 0 radical (unpaired) electrons. The van der Waals surface area contributed by atoms with Gasteiger partial charge in [0.25, 0.3) is 0 Å². The summed E-state index contributed by atoms with van der Waals surface area (Å²) in [6.07, 6.45) is 0. The van der Waals surface area contributed by atoms with E-state index in [0.29, 0.717) is 39.4 Å². The van der Waals surface area contributed by atoms with Gasteiger partial charge in [0.15, 0.2) is 0 Å². The maximum atomic E-state index is 9.78. The lowest BCUT2D eigenvalue weighted by molar-refractivity contribution is 0.340. The second kappa shape index (κ2) is 7.70. The zero-order chi connectivity index (χ0) is 20.5. The van der Waals surface area contributed by atoms with Crippen molar-refractivity contribution in [3.63, 3.8) is 0 Å². The van der Waals surface area contributed by atoms with Gasteiger partial charge in [-0.3, -0.25) is 5.10 Å². The number of rotatable bonds is 4. The van der Waals surface area contributed by atoms with Crippen LogP contribution in [0.1, 0.15) is 24.0 Å². The van der Waals surface area contributed by atoms with Gasteiger partial charge in [-0.2, -0.15) is 5.26 Å². The number of halogens is 2. The number of allylic oxidation sites excluding steroid dienone is 1. The van der Waals surface area contributed by atoms with E-state index in [0.717, 1.165) is 11.3 Å². The van der Waals surface area contributed by atoms with Crippen molar-refractivity contribution in [3.8, 4) is 29.0 Å². The number of H-pyrrole nitrogens is 1. The summed E-state index contributed by atoms with van der Waals surface area (Å²) in [5.41, 5.74) is 9.13. The summed E-state index contributed by atoms with van der Waals surface area (Å²) in [7, 11) is 0. The van der Waals surface area contributed by atoms with Crippen LogP contribution in [-0.2, 0) is 0 Å². The van der Waals surface area contributed by atoms with Crippen LogP contribution in [0.15, 0.2) is 53.9 Å². The summed E-state index contributed by atoms with van der Waals surface area (Å²) in [5, 5.41) is 17.8. The molecule has 2 aromatic carbocycles. The second-order valence-electron chi connectivity index (χ2n) is 6.34. The summed E-state index contributed by atoms with van der Waals surface area (Å²) in [4.78, 5) is 0. The van der Waals surface area contributed by atoms with Crippen molar-refractivity contribution in [3.05, 3.63) is 75.1 Å². The summed E-state index contributed by atoms with van der Waals surface area (Å²) in [6.45, 7) is 2.51. The minimum atomic E-state index is -0.574. The fourth-order valence-electron chi connectivity index (χ4n) is 3.40. The molecule has 2 heterocycles. The number of hydrogen-bond acceptors (Lipinski definition) is 5. The molecule has 4 rings (SSSR count). The fourth-order valence-corrected chi connectivity index (χ4v) is 3.82. The van der Waals surface area contributed by atoms with Gasteiger partial charge in [0.1, 0.15) is 17.4 Å². The first kappa shape index (κ1) is 19.2. The number of nitrogens with zero attached hydrogens (tertiary/aromatic N) is 2. The van der Waals surface area contributed by atoms with E-state index in [2.05, 4.69) is 16.3 Å². The zero-order valence-electron chi connectivity index (χ0n) is 15.4. The molecule has 1 aliphatic rings. The van der Waals surface area contributed by atoms with Crippen molar-refractivity contribution in [1.29, 1.82) is 5.26 Å². The van der Waals surface area contributed by atoms with Gasteiger partial charge in [-0.25, -0.2) is 0 Å². The highest BCUT2D eigenvalue weighted by atomic mass is 35.5. The Kier molecular flexibility index (Phi) is 5.10. The first-order valence-electron chi connectivity index (χ1n) is 8.88. The topological polar surface area (TPSA) is 97.0 Å². The molecule has 1 unspecified atom stereocenters. The highest BCUT2D eigenvalue weighted by molar-refractivity contribution is 6.42. The largest absolute Gasteiger partial charge is 0.494 e. The van der Waals surface area contributed by atoms with Crippen molar-refractivity contribution in [1.82, 2.24) is 10.2 Å². The molecule has 0 aliphatic carbocycles. The Bertz CT molecular complexity index is 1150. The monoisotopic (exact) mass is 426 g/mol.